The van der Waals surface area contributed by atoms with E-state index in [2.05, 4.69) is 19.8 Å². The number of sulfonamides is 1. The van der Waals surface area contributed by atoms with Crippen molar-refractivity contribution in [1.82, 2.24) is 19.8 Å². The van der Waals surface area contributed by atoms with E-state index < -0.39 is 10.0 Å². The highest BCUT2D eigenvalue weighted by atomic mass is 32.2. The van der Waals surface area contributed by atoms with Crippen molar-refractivity contribution in [3.8, 4) is 10.7 Å². The normalized spacial score (nSPS) is 16.1. The first-order valence-corrected chi connectivity index (χ1v) is 12.5. The summed E-state index contributed by atoms with van der Waals surface area (Å²) in [6, 6.07) is 8.43. The average molecular weight is 465 g/mol. The van der Waals surface area contributed by atoms with Crippen molar-refractivity contribution < 1.29 is 17.3 Å². The Kier molecular flexibility index (Phi) is 6.52. The minimum Gasteiger partial charge on any atom is -0.339 e. The van der Waals surface area contributed by atoms with Gasteiger partial charge in [0.15, 0.2) is 0 Å². The van der Waals surface area contributed by atoms with E-state index in [0.29, 0.717) is 40.1 Å². The Hall–Kier alpha value is -2.14. The van der Waals surface area contributed by atoms with E-state index in [4.69, 9.17) is 4.52 Å². The molecule has 2 aromatic heterocycles. The minimum atomic E-state index is -3.63. The fraction of sp³-hybridized carbons (Fsp3) is 0.429. The summed E-state index contributed by atoms with van der Waals surface area (Å²) in [5, 5.41) is 3.87. The van der Waals surface area contributed by atoms with Crippen LogP contribution in [0.15, 0.2) is 39.8 Å². The first kappa shape index (κ1) is 22.1. The highest BCUT2D eigenvalue weighted by Crippen LogP contribution is 2.32. The van der Waals surface area contributed by atoms with Crippen molar-refractivity contribution in [2.24, 2.45) is 5.92 Å². The molecule has 166 valence electrons. The molecule has 10 heteroatoms. The Balaban J connectivity index is 1.32. The van der Waals surface area contributed by atoms with E-state index in [-0.39, 0.29) is 16.6 Å². The lowest BCUT2D eigenvalue weighted by molar-refractivity contribution is 0.177. The Morgan fingerprint density at radius 2 is 2.00 bits per heavy atom. The van der Waals surface area contributed by atoms with Crippen LogP contribution in [-0.2, 0) is 16.6 Å². The summed E-state index contributed by atoms with van der Waals surface area (Å²) in [5.74, 6) is 0.906. The van der Waals surface area contributed by atoms with Crippen LogP contribution in [0.5, 0.6) is 0 Å². The summed E-state index contributed by atoms with van der Waals surface area (Å²) in [6.45, 7) is 6.08. The van der Waals surface area contributed by atoms with Gasteiger partial charge in [-0.2, -0.15) is 4.98 Å². The predicted molar refractivity (Wildman–Crippen MR) is 117 cm³/mol. The van der Waals surface area contributed by atoms with Crippen LogP contribution in [0.25, 0.3) is 10.7 Å². The predicted octanol–water partition coefficient (Wildman–Crippen LogP) is 3.74. The molecule has 0 amide bonds. The highest BCUT2D eigenvalue weighted by molar-refractivity contribution is 7.89. The summed E-state index contributed by atoms with van der Waals surface area (Å²) in [6.07, 6.45) is 1.74. The third-order valence-electron chi connectivity index (χ3n) is 5.53. The van der Waals surface area contributed by atoms with Crippen LogP contribution in [-0.4, -0.2) is 43.1 Å². The number of nitrogens with zero attached hydrogens (tertiary/aromatic N) is 3. The van der Waals surface area contributed by atoms with Crippen LogP contribution in [0.1, 0.15) is 29.2 Å². The van der Waals surface area contributed by atoms with Gasteiger partial charge in [-0.25, -0.2) is 17.5 Å². The number of hydrogen-bond donors (Lipinski definition) is 1. The number of hydrogen-bond acceptors (Lipinski definition) is 7. The van der Waals surface area contributed by atoms with Crippen molar-refractivity contribution in [2.45, 2.75) is 38.1 Å². The van der Waals surface area contributed by atoms with Crippen molar-refractivity contribution in [1.29, 1.82) is 0 Å². The molecule has 1 N–H and O–H groups in total. The van der Waals surface area contributed by atoms with Gasteiger partial charge in [-0.05, 0) is 50.9 Å². The van der Waals surface area contributed by atoms with E-state index >= 15 is 0 Å². The monoisotopic (exact) mass is 464 g/mol. The number of thiophene rings is 1. The quantitative estimate of drug-likeness (QED) is 0.573. The lowest BCUT2D eigenvalue weighted by Gasteiger charge is -2.32. The van der Waals surface area contributed by atoms with Gasteiger partial charge in [0.2, 0.25) is 21.7 Å². The first-order valence-electron chi connectivity index (χ1n) is 10.2. The number of rotatable bonds is 7. The van der Waals surface area contributed by atoms with Gasteiger partial charge < -0.3 is 4.52 Å². The molecule has 1 fully saturated rings. The molecular formula is C21H25FN4O3S2. The molecule has 1 aliphatic rings. The maximum atomic E-state index is 13.9. The zero-order valence-electron chi connectivity index (χ0n) is 17.5. The Bertz CT molecular complexity index is 1150. The second-order valence-corrected chi connectivity index (χ2v) is 10.8. The van der Waals surface area contributed by atoms with Crippen molar-refractivity contribution >= 4 is 21.4 Å². The molecule has 4 rings (SSSR count). The van der Waals surface area contributed by atoms with Crippen LogP contribution in [0.2, 0.25) is 0 Å². The molecule has 31 heavy (non-hydrogen) atoms. The molecule has 0 radical (unpaired) electrons. The molecule has 1 aliphatic heterocycles. The van der Waals surface area contributed by atoms with E-state index in [1.165, 1.54) is 17.4 Å². The molecule has 3 heterocycles. The van der Waals surface area contributed by atoms with Crippen molar-refractivity contribution in [3.05, 3.63) is 52.5 Å². The van der Waals surface area contributed by atoms with Gasteiger partial charge >= 0.3 is 0 Å². The fourth-order valence-corrected chi connectivity index (χ4v) is 6.39. The minimum absolute atomic E-state index is 0.182. The molecule has 0 saturated carbocycles. The summed E-state index contributed by atoms with van der Waals surface area (Å²) in [5.41, 5.74) is 0.696. The molecule has 3 aromatic rings. The van der Waals surface area contributed by atoms with Crippen molar-refractivity contribution in [3.63, 3.8) is 0 Å². The Labute approximate surface area is 185 Å². The van der Waals surface area contributed by atoms with Gasteiger partial charge in [0.05, 0.1) is 9.77 Å². The van der Waals surface area contributed by atoms with Gasteiger partial charge in [-0.15, -0.1) is 11.3 Å². The summed E-state index contributed by atoms with van der Waals surface area (Å²) < 4.78 is 47.4. The molecule has 0 bridgehead atoms. The standard InChI is InChI=1S/C21H25FN4O3S2/c1-14-20(11-19(30-14)21-24-15(2)29-25-21)31(27,28)23-12-16-7-9-26(10-8-16)13-17-5-3-4-6-18(17)22/h3-6,11,16,23H,7-10,12-13H2,1-2H3. The highest BCUT2D eigenvalue weighted by Gasteiger charge is 2.25. The van der Waals surface area contributed by atoms with Crippen LogP contribution < -0.4 is 4.72 Å². The maximum absolute atomic E-state index is 13.9. The molecule has 0 unspecified atom stereocenters. The first-order chi connectivity index (χ1) is 14.8. The third-order valence-corrected chi connectivity index (χ3v) is 8.26. The zero-order valence-corrected chi connectivity index (χ0v) is 19.1. The fourth-order valence-electron chi connectivity index (χ4n) is 3.76. The van der Waals surface area contributed by atoms with Gasteiger partial charge in [-0.1, -0.05) is 23.4 Å². The topological polar surface area (TPSA) is 88.3 Å². The second kappa shape index (κ2) is 9.15. The average Bonchev–Trinajstić information content (AvgIpc) is 3.35. The molecular weight excluding hydrogens is 439 g/mol. The SMILES string of the molecule is Cc1nc(-c2cc(S(=O)(=O)NCC3CCN(Cc4ccccc4F)CC3)c(C)s2)no1. The van der Waals surface area contributed by atoms with Gasteiger partial charge in [-0.3, -0.25) is 4.90 Å². The number of halogens is 1. The van der Waals surface area contributed by atoms with E-state index in [1.54, 1.807) is 26.0 Å². The van der Waals surface area contributed by atoms with Crippen LogP contribution >= 0.6 is 11.3 Å². The van der Waals surface area contributed by atoms with E-state index in [0.717, 1.165) is 25.9 Å². The molecule has 1 aromatic carbocycles. The number of aryl methyl sites for hydroxylation is 2. The van der Waals surface area contributed by atoms with E-state index in [9.17, 15) is 12.8 Å². The van der Waals surface area contributed by atoms with Crippen LogP contribution in [0.3, 0.4) is 0 Å². The number of likely N-dealkylation sites (tertiary alicyclic amines) is 1. The van der Waals surface area contributed by atoms with Crippen LogP contribution in [0.4, 0.5) is 4.39 Å². The molecule has 0 aliphatic carbocycles. The zero-order chi connectivity index (χ0) is 22.0. The van der Waals surface area contributed by atoms with Gasteiger partial charge in [0.25, 0.3) is 0 Å². The van der Waals surface area contributed by atoms with Crippen molar-refractivity contribution in [2.75, 3.05) is 19.6 Å². The summed E-state index contributed by atoms with van der Waals surface area (Å²) in [4.78, 5) is 7.99. The van der Waals surface area contributed by atoms with Gasteiger partial charge in [0.1, 0.15) is 5.82 Å². The maximum Gasteiger partial charge on any atom is 0.241 e. The second-order valence-electron chi connectivity index (χ2n) is 7.83. The molecule has 7 nitrogen and oxygen atoms in total. The number of aromatic nitrogens is 2. The largest absolute Gasteiger partial charge is 0.339 e. The van der Waals surface area contributed by atoms with Crippen LogP contribution in [0, 0.1) is 25.6 Å². The number of benzene rings is 1. The smallest absolute Gasteiger partial charge is 0.241 e. The Morgan fingerprint density at radius 3 is 2.68 bits per heavy atom. The Morgan fingerprint density at radius 1 is 1.26 bits per heavy atom. The summed E-state index contributed by atoms with van der Waals surface area (Å²) in [7, 11) is -3.63. The lowest BCUT2D eigenvalue weighted by atomic mass is 9.97. The lowest BCUT2D eigenvalue weighted by Crippen LogP contribution is -2.38. The van der Waals surface area contributed by atoms with Gasteiger partial charge in [0, 0.05) is 30.5 Å². The molecule has 0 atom stereocenters. The molecule has 1 saturated heterocycles. The number of nitrogens with one attached hydrogen (secondary N) is 1. The third kappa shape index (κ3) is 5.20. The van der Waals surface area contributed by atoms with E-state index in [1.807, 2.05) is 12.1 Å². The number of piperidine rings is 1. The summed E-state index contributed by atoms with van der Waals surface area (Å²) >= 11 is 1.33. The molecule has 0 spiro atoms.